The summed E-state index contributed by atoms with van der Waals surface area (Å²) in [4.78, 5) is 0. The molecule has 4 unspecified atom stereocenters. The van der Waals surface area contributed by atoms with Crippen LogP contribution in [0, 0.1) is 0 Å². The van der Waals surface area contributed by atoms with Gasteiger partial charge in [-0.2, -0.15) is 0 Å². The van der Waals surface area contributed by atoms with Crippen molar-refractivity contribution < 1.29 is 13.8 Å². The van der Waals surface area contributed by atoms with E-state index in [4.69, 9.17) is 15.0 Å². The third-order valence-electron chi connectivity index (χ3n) is 2.59. The third-order valence-corrected chi connectivity index (χ3v) is 3.14. The van der Waals surface area contributed by atoms with Gasteiger partial charge >= 0.3 is 8.03 Å². The fraction of sp³-hybridized carbons (Fsp3) is 1.00. The average molecular weight is 220 g/mol. The molecule has 5 heteroatoms. The van der Waals surface area contributed by atoms with E-state index in [2.05, 4.69) is 6.92 Å². The van der Waals surface area contributed by atoms with E-state index < -0.39 is 8.03 Å². The normalized spacial score (nSPS) is 34.0. The predicted octanol–water partition coefficient (Wildman–Crippen LogP) is 1.66. The lowest BCUT2D eigenvalue weighted by molar-refractivity contribution is -0.0360. The lowest BCUT2D eigenvalue weighted by Gasteiger charge is -2.19. The summed E-state index contributed by atoms with van der Waals surface area (Å²) in [5.74, 6) is 0. The van der Waals surface area contributed by atoms with Crippen LogP contribution >= 0.6 is 8.03 Å². The van der Waals surface area contributed by atoms with Gasteiger partial charge in [0.25, 0.3) is 0 Å². The maximum atomic E-state index is 10.9. The highest BCUT2D eigenvalue weighted by Crippen LogP contribution is 2.46. The Labute approximate surface area is 86.0 Å². The van der Waals surface area contributed by atoms with Crippen molar-refractivity contribution in [3.8, 4) is 0 Å². The van der Waals surface area contributed by atoms with Crippen LogP contribution in [0.25, 0.3) is 0 Å². The molecule has 0 radical (unpaired) electrons. The Morgan fingerprint density at radius 3 is 2.79 bits per heavy atom. The quantitative estimate of drug-likeness (QED) is 0.691. The van der Waals surface area contributed by atoms with E-state index in [0.717, 1.165) is 12.8 Å². The summed E-state index contributed by atoms with van der Waals surface area (Å²) in [5, 5.41) is 0. The molecule has 1 aliphatic rings. The number of hydrogen-bond acceptors (Lipinski definition) is 4. The monoisotopic (exact) mass is 220 g/mol. The van der Waals surface area contributed by atoms with Gasteiger partial charge in [0.2, 0.25) is 0 Å². The van der Waals surface area contributed by atoms with Crippen LogP contribution in [0.15, 0.2) is 0 Å². The second-order valence-corrected chi connectivity index (χ2v) is 4.93. The smallest absolute Gasteiger partial charge is 0.368 e. The van der Waals surface area contributed by atoms with E-state index in [-0.39, 0.29) is 17.8 Å². The van der Waals surface area contributed by atoms with Crippen LogP contribution in [0.4, 0.5) is 0 Å². The molecule has 1 aliphatic carbocycles. The molecule has 0 aromatic rings. The van der Waals surface area contributed by atoms with Gasteiger partial charge in [0, 0.05) is 13.0 Å². The second kappa shape index (κ2) is 4.67. The van der Waals surface area contributed by atoms with Crippen LogP contribution in [0.1, 0.15) is 26.7 Å². The van der Waals surface area contributed by atoms with Gasteiger partial charge in [-0.15, -0.1) is 4.52 Å². The largest absolute Gasteiger partial charge is 0.505 e. The average Bonchev–Trinajstić information content (AvgIpc) is 2.78. The number of hydrogen-bond donors (Lipinski definition) is 1. The zero-order chi connectivity index (χ0) is 10.8. The molecule has 0 amide bonds. The summed E-state index contributed by atoms with van der Waals surface area (Å²) in [6.45, 7) is 6.07. The zero-order valence-electron chi connectivity index (χ0n) is 9.03. The molecular formula is C9H19NO3P+. The third kappa shape index (κ3) is 2.74. The molecule has 82 valence electrons. The number of ether oxygens (including phenoxy) is 1. The first-order valence-electron chi connectivity index (χ1n) is 4.99. The van der Waals surface area contributed by atoms with Crippen molar-refractivity contribution in [1.82, 2.24) is 0 Å². The molecule has 0 spiro atoms. The van der Waals surface area contributed by atoms with E-state index in [9.17, 15) is 4.57 Å². The molecule has 0 aliphatic heterocycles. The lowest BCUT2D eigenvalue weighted by Crippen LogP contribution is -2.33. The Balaban J connectivity index is 2.43. The van der Waals surface area contributed by atoms with Gasteiger partial charge in [-0.3, -0.25) is 0 Å². The van der Waals surface area contributed by atoms with Crippen molar-refractivity contribution in [3.63, 3.8) is 0 Å². The molecule has 4 nitrogen and oxygen atoms in total. The van der Waals surface area contributed by atoms with E-state index in [1.54, 1.807) is 6.66 Å². The van der Waals surface area contributed by atoms with Crippen molar-refractivity contribution in [2.75, 3.05) is 13.2 Å². The van der Waals surface area contributed by atoms with Crippen molar-refractivity contribution in [1.29, 1.82) is 0 Å². The molecule has 0 heterocycles. The van der Waals surface area contributed by atoms with Crippen LogP contribution in [0.3, 0.4) is 0 Å². The first-order chi connectivity index (χ1) is 6.54. The minimum absolute atomic E-state index is 0.0740. The minimum Gasteiger partial charge on any atom is -0.368 e. The van der Waals surface area contributed by atoms with Crippen LogP contribution in [0.5, 0.6) is 0 Å². The molecule has 0 aromatic heterocycles. The summed E-state index contributed by atoms with van der Waals surface area (Å²) in [6, 6.07) is 0. The molecule has 14 heavy (non-hydrogen) atoms. The predicted molar refractivity (Wildman–Crippen MR) is 55.6 cm³/mol. The van der Waals surface area contributed by atoms with E-state index in [1.807, 2.05) is 6.92 Å². The van der Waals surface area contributed by atoms with Gasteiger partial charge in [0.1, 0.15) is 11.7 Å². The molecule has 1 rings (SSSR count). The molecular weight excluding hydrogens is 201 g/mol. The summed E-state index contributed by atoms with van der Waals surface area (Å²) >= 11 is 0. The topological polar surface area (TPSA) is 61.6 Å². The summed E-state index contributed by atoms with van der Waals surface area (Å²) in [6.07, 6.45) is 1.83. The Kier molecular flexibility index (Phi) is 4.02. The highest BCUT2D eigenvalue weighted by molar-refractivity contribution is 7.38. The molecule has 0 bridgehead atoms. The van der Waals surface area contributed by atoms with Crippen LogP contribution < -0.4 is 5.73 Å². The van der Waals surface area contributed by atoms with E-state index >= 15 is 0 Å². The van der Waals surface area contributed by atoms with E-state index in [0.29, 0.717) is 6.54 Å². The zero-order valence-corrected chi connectivity index (χ0v) is 9.92. The maximum Gasteiger partial charge on any atom is 0.505 e. The van der Waals surface area contributed by atoms with Gasteiger partial charge < -0.3 is 10.5 Å². The van der Waals surface area contributed by atoms with Crippen molar-refractivity contribution in [2.24, 2.45) is 5.73 Å². The Morgan fingerprint density at radius 2 is 2.36 bits per heavy atom. The highest BCUT2D eigenvalue weighted by atomic mass is 31.1. The van der Waals surface area contributed by atoms with Crippen LogP contribution in [-0.4, -0.2) is 31.0 Å². The molecule has 0 aromatic carbocycles. The molecule has 2 N–H and O–H groups in total. The van der Waals surface area contributed by atoms with Gasteiger partial charge in [-0.1, -0.05) is 6.92 Å². The SMILES string of the molecule is CCC(C)OC1(CN)CC1O[P+](C)=O. The van der Waals surface area contributed by atoms with Gasteiger partial charge in [-0.05, 0) is 17.9 Å². The summed E-state index contributed by atoms with van der Waals surface area (Å²) in [7, 11) is -1.56. The Bertz CT molecular complexity index is 224. The molecule has 0 saturated heterocycles. The van der Waals surface area contributed by atoms with Crippen LogP contribution in [0.2, 0.25) is 0 Å². The number of nitrogens with two attached hydrogens (primary N) is 1. The fourth-order valence-electron chi connectivity index (χ4n) is 1.44. The van der Waals surface area contributed by atoms with Crippen molar-refractivity contribution >= 4 is 8.03 Å². The van der Waals surface area contributed by atoms with Crippen molar-refractivity contribution in [3.05, 3.63) is 0 Å². The van der Waals surface area contributed by atoms with Gasteiger partial charge in [0.05, 0.1) is 6.10 Å². The second-order valence-electron chi connectivity index (χ2n) is 3.84. The van der Waals surface area contributed by atoms with Gasteiger partial charge in [-0.25, -0.2) is 0 Å². The highest BCUT2D eigenvalue weighted by Gasteiger charge is 2.60. The fourth-order valence-corrected chi connectivity index (χ4v) is 2.06. The minimum atomic E-state index is -1.56. The number of rotatable bonds is 6. The maximum absolute atomic E-state index is 10.9. The Morgan fingerprint density at radius 1 is 1.71 bits per heavy atom. The summed E-state index contributed by atoms with van der Waals surface area (Å²) < 4.78 is 21.9. The lowest BCUT2D eigenvalue weighted by atomic mass is 10.3. The van der Waals surface area contributed by atoms with E-state index in [1.165, 1.54) is 0 Å². The van der Waals surface area contributed by atoms with Crippen molar-refractivity contribution in [2.45, 2.75) is 44.5 Å². The Hall–Kier alpha value is -0.0200. The summed E-state index contributed by atoms with van der Waals surface area (Å²) in [5.41, 5.74) is 5.27. The van der Waals surface area contributed by atoms with Crippen LogP contribution in [-0.2, 0) is 13.8 Å². The standard InChI is InChI=1S/C9H19NO3P/c1-4-7(2)12-9(6-10)5-8(9)13-14(3)11/h7-8H,4-6,10H2,1-3H3/q+1. The first kappa shape index (κ1) is 12.1. The molecule has 1 fully saturated rings. The van der Waals surface area contributed by atoms with Gasteiger partial charge in [0.15, 0.2) is 6.66 Å². The molecule has 4 atom stereocenters. The molecule has 1 saturated carbocycles. The first-order valence-corrected chi connectivity index (χ1v) is 6.62.